The third kappa shape index (κ3) is 9.52. The third-order valence-corrected chi connectivity index (χ3v) is 11.2. The quantitative estimate of drug-likeness (QED) is 0.191. The van der Waals surface area contributed by atoms with Gasteiger partial charge < -0.3 is 33.9 Å². The van der Waals surface area contributed by atoms with Crippen molar-refractivity contribution < 1.29 is 43.2 Å². The minimum absolute atomic E-state index is 0.0375. The van der Waals surface area contributed by atoms with Crippen molar-refractivity contribution in [2.24, 2.45) is 5.92 Å². The number of alkyl carbamates (subject to hydrolysis) is 1. The van der Waals surface area contributed by atoms with Crippen LogP contribution in [0.4, 0.5) is 10.5 Å². The first-order chi connectivity index (χ1) is 24.1. The Morgan fingerprint density at radius 2 is 1.94 bits per heavy atom. The summed E-state index contributed by atoms with van der Waals surface area (Å²) in [6, 6.07) is 2.84. The van der Waals surface area contributed by atoms with E-state index in [9.17, 15) is 24.3 Å². The summed E-state index contributed by atoms with van der Waals surface area (Å²) in [6.45, 7) is 12.8. The number of nitrogens with zero attached hydrogens (tertiary/aromatic N) is 2. The number of hydrogen-bond donors (Lipinski definition) is 3. The van der Waals surface area contributed by atoms with Gasteiger partial charge >= 0.3 is 12.1 Å². The number of amides is 3. The summed E-state index contributed by atoms with van der Waals surface area (Å²) in [5, 5.41) is 14.7. The molecular weight excluding hydrogens is 710 g/mol. The highest BCUT2D eigenvalue weighted by atomic mass is 35.5. The van der Waals surface area contributed by atoms with E-state index in [1.807, 2.05) is 52.8 Å². The second-order valence-corrected chi connectivity index (χ2v) is 16.9. The van der Waals surface area contributed by atoms with Crippen LogP contribution in [0.1, 0.15) is 78.4 Å². The SMILES string of the molecule is CO[C@@H]1/C=C/C=C(\C)Cc2cc(C)c(Cl)c(c2)N(C)C(=O)C[C@H](OC(=O)[C@H](C)N(C)C(=O)CCC(C)(C)S)[C@]2(C)O[C@H]2[C@H](C)[C@@H]2C[C@@]1(O)NC(=O)O2. The molecule has 3 aliphatic rings. The first-order valence-electron chi connectivity index (χ1n) is 17.6. The number of nitrogens with one attached hydrogen (secondary N) is 1. The highest BCUT2D eigenvalue weighted by Gasteiger charge is 2.64. The minimum Gasteiger partial charge on any atom is -0.457 e. The van der Waals surface area contributed by atoms with Gasteiger partial charge in [0.25, 0.3) is 0 Å². The van der Waals surface area contributed by atoms with E-state index in [1.165, 1.54) is 24.0 Å². The normalized spacial score (nSPS) is 32.0. The van der Waals surface area contributed by atoms with Crippen molar-refractivity contribution in [3.63, 3.8) is 0 Å². The van der Waals surface area contributed by atoms with Gasteiger partial charge in [-0.25, -0.2) is 9.59 Å². The Morgan fingerprint density at radius 1 is 1.27 bits per heavy atom. The van der Waals surface area contributed by atoms with Gasteiger partial charge in [0.2, 0.25) is 11.8 Å². The number of hydrogen-bond acceptors (Lipinski definition) is 10. The average Bonchev–Trinajstić information content (AvgIpc) is 3.76. The number of esters is 1. The molecule has 14 heteroatoms. The number of likely N-dealkylation sites (N-methyl/N-ethyl adjacent to an activating group) is 1. The highest BCUT2D eigenvalue weighted by Crippen LogP contribution is 2.49. The number of methoxy groups -OCH3 is 1. The lowest BCUT2D eigenvalue weighted by atomic mass is 9.83. The number of carbonyl (C=O) groups excluding carboxylic acids is 4. The second-order valence-electron chi connectivity index (χ2n) is 15.3. The van der Waals surface area contributed by atoms with Crippen molar-refractivity contribution in [1.29, 1.82) is 0 Å². The summed E-state index contributed by atoms with van der Waals surface area (Å²) in [7, 11) is 4.60. The lowest BCUT2D eigenvalue weighted by molar-refractivity contribution is -0.162. The van der Waals surface area contributed by atoms with Gasteiger partial charge in [0.1, 0.15) is 30.0 Å². The van der Waals surface area contributed by atoms with Crippen LogP contribution in [-0.4, -0.2) is 102 Å². The molecular formula is C38H54ClN3O9S. The van der Waals surface area contributed by atoms with E-state index < -0.39 is 59.8 Å². The lowest BCUT2D eigenvalue weighted by Gasteiger charge is -2.42. The van der Waals surface area contributed by atoms with Gasteiger partial charge in [-0.1, -0.05) is 62.2 Å². The van der Waals surface area contributed by atoms with E-state index >= 15 is 0 Å². The number of benzene rings is 1. The molecule has 8 atom stereocenters. The van der Waals surface area contributed by atoms with E-state index in [0.717, 1.165) is 16.7 Å². The first-order valence-corrected chi connectivity index (χ1v) is 18.4. The molecule has 3 heterocycles. The Kier molecular flexibility index (Phi) is 12.9. The molecule has 288 valence electrons. The maximum atomic E-state index is 14.1. The first kappa shape index (κ1) is 41.7. The average molecular weight is 764 g/mol. The standard InChI is InChI=1S/C38H54ClN3O9S/c1-21-12-11-13-28(48-10)38(47)20-27(49-35(46)40-38)23(3)33-37(7,51-33)29(50-34(45)24(4)41(8)30(43)14-15-36(5,6)52)19-31(44)42(9)26-18-25(16-21)17-22(2)32(26)39/h11-13,17-18,23-24,27-29,33,47,52H,14-16,19-20H2,1-10H3,(H,40,46)/b13-11+,21-12+/t23-,24+,27+,28-,29+,33+,37+,38+/m1/s1. The van der Waals surface area contributed by atoms with Gasteiger partial charge in [0.05, 0.1) is 23.2 Å². The number of anilines is 1. The predicted octanol–water partition coefficient (Wildman–Crippen LogP) is 5.30. The van der Waals surface area contributed by atoms with E-state index in [-0.39, 0.29) is 35.8 Å². The molecule has 0 saturated carbocycles. The molecule has 2 fully saturated rings. The molecule has 4 bridgehead atoms. The van der Waals surface area contributed by atoms with Gasteiger partial charge in [0, 0.05) is 44.7 Å². The van der Waals surface area contributed by atoms with Gasteiger partial charge in [-0.2, -0.15) is 12.6 Å². The number of epoxide rings is 1. The smallest absolute Gasteiger partial charge is 0.409 e. The molecule has 0 spiro atoms. The summed E-state index contributed by atoms with van der Waals surface area (Å²) in [5.41, 5.74) is 0.172. The van der Waals surface area contributed by atoms with E-state index in [4.69, 9.17) is 30.5 Å². The van der Waals surface area contributed by atoms with Crippen LogP contribution in [0.15, 0.2) is 35.9 Å². The van der Waals surface area contributed by atoms with Gasteiger partial charge in [-0.15, -0.1) is 0 Å². The Morgan fingerprint density at radius 3 is 2.58 bits per heavy atom. The van der Waals surface area contributed by atoms with Crippen LogP contribution in [0, 0.1) is 12.8 Å². The van der Waals surface area contributed by atoms with E-state index in [2.05, 4.69) is 17.9 Å². The van der Waals surface area contributed by atoms with Crippen LogP contribution in [0.5, 0.6) is 0 Å². The van der Waals surface area contributed by atoms with Gasteiger partial charge in [-0.3, -0.25) is 14.9 Å². The summed E-state index contributed by atoms with van der Waals surface area (Å²) in [4.78, 5) is 56.4. The summed E-state index contributed by atoms with van der Waals surface area (Å²) in [5.74, 6) is -1.85. The van der Waals surface area contributed by atoms with Crippen LogP contribution in [0.25, 0.3) is 0 Å². The van der Waals surface area contributed by atoms with Crippen LogP contribution in [-0.2, 0) is 39.8 Å². The van der Waals surface area contributed by atoms with Crippen LogP contribution in [0.2, 0.25) is 5.02 Å². The zero-order chi connectivity index (χ0) is 38.9. The molecule has 2 N–H and O–H groups in total. The Balaban J connectivity index is 1.72. The van der Waals surface area contributed by atoms with Gasteiger partial charge in [-0.05, 0) is 57.7 Å². The van der Waals surface area contributed by atoms with E-state index in [1.54, 1.807) is 33.0 Å². The topological polar surface area (TPSA) is 147 Å². The van der Waals surface area contributed by atoms with Crippen molar-refractivity contribution >= 4 is 53.8 Å². The summed E-state index contributed by atoms with van der Waals surface area (Å²) >= 11 is 11.3. The lowest BCUT2D eigenvalue weighted by Crippen LogP contribution is -2.63. The Bertz CT molecular complexity index is 1610. The summed E-state index contributed by atoms with van der Waals surface area (Å²) < 4.78 is 23.3. The van der Waals surface area contributed by atoms with Gasteiger partial charge in [0.15, 0.2) is 5.72 Å². The molecule has 1 aromatic rings. The molecule has 0 unspecified atom stereocenters. The molecule has 1 aromatic carbocycles. The summed E-state index contributed by atoms with van der Waals surface area (Å²) in [6.07, 6.45) is 1.92. The number of ether oxygens (including phenoxy) is 4. The van der Waals surface area contributed by atoms with Crippen molar-refractivity contribution in [2.45, 2.75) is 127 Å². The molecule has 0 radical (unpaired) electrons. The number of thiol groups is 1. The monoisotopic (exact) mass is 763 g/mol. The maximum Gasteiger partial charge on any atom is 0.409 e. The predicted molar refractivity (Wildman–Crippen MR) is 201 cm³/mol. The minimum atomic E-state index is -1.81. The molecule has 0 aromatic heterocycles. The largest absolute Gasteiger partial charge is 0.457 e. The maximum absolute atomic E-state index is 14.1. The Hall–Kier alpha value is -3.10. The number of allylic oxidation sites excluding steroid dienone is 3. The van der Waals surface area contributed by atoms with Crippen molar-refractivity contribution in [1.82, 2.24) is 10.2 Å². The fraction of sp³-hybridized carbons (Fsp3) is 0.632. The van der Waals surface area contributed by atoms with Crippen LogP contribution in [0.3, 0.4) is 0 Å². The van der Waals surface area contributed by atoms with Crippen LogP contribution >= 0.6 is 24.2 Å². The number of rotatable bonds is 7. The van der Waals surface area contributed by atoms with Crippen molar-refractivity contribution in [3.8, 4) is 0 Å². The zero-order valence-electron chi connectivity index (χ0n) is 31.8. The number of carbonyl (C=O) groups is 4. The number of halogens is 1. The van der Waals surface area contributed by atoms with Crippen molar-refractivity contribution in [2.75, 3.05) is 26.1 Å². The molecule has 4 rings (SSSR count). The van der Waals surface area contributed by atoms with Crippen molar-refractivity contribution in [3.05, 3.63) is 52.1 Å². The fourth-order valence-corrected chi connectivity index (χ4v) is 7.19. The molecule has 3 aliphatic heterocycles. The zero-order valence-corrected chi connectivity index (χ0v) is 33.5. The number of fused-ring (bicyclic) bond motifs is 5. The molecule has 3 amide bonds. The fourth-order valence-electron chi connectivity index (χ4n) is 6.84. The number of aryl methyl sites for hydroxylation is 1. The molecule has 2 saturated heterocycles. The van der Waals surface area contributed by atoms with Crippen LogP contribution < -0.4 is 10.2 Å². The van der Waals surface area contributed by atoms with E-state index in [0.29, 0.717) is 23.6 Å². The second kappa shape index (κ2) is 16.1. The Labute approximate surface area is 317 Å². The molecule has 12 nitrogen and oxygen atoms in total. The highest BCUT2D eigenvalue weighted by molar-refractivity contribution is 7.81. The number of aliphatic hydroxyl groups is 1. The molecule has 0 aliphatic carbocycles. The molecule has 52 heavy (non-hydrogen) atoms. The third-order valence-electron chi connectivity index (χ3n) is 10.5.